The fourth-order valence-corrected chi connectivity index (χ4v) is 4.66. The van der Waals surface area contributed by atoms with Gasteiger partial charge in [-0.25, -0.2) is 19.3 Å². The van der Waals surface area contributed by atoms with Gasteiger partial charge in [0.25, 0.3) is 0 Å². The SMILES string of the molecule is CC.CC(C)c1nc(-c2ccc(F)cc2)c(-c2ccnc(Nc3ccccc3)n2)n1CCC1CCCC(=O)O1. The third-order valence-corrected chi connectivity index (χ3v) is 6.44. The quantitative estimate of drug-likeness (QED) is 0.238. The number of aromatic nitrogens is 4. The smallest absolute Gasteiger partial charge is 0.306 e. The van der Waals surface area contributed by atoms with Crippen LogP contribution in [0.2, 0.25) is 0 Å². The molecule has 7 nitrogen and oxygen atoms in total. The Kier molecular flexibility index (Phi) is 9.41. The number of ether oxygens (including phenoxy) is 1. The van der Waals surface area contributed by atoms with E-state index < -0.39 is 0 Å². The van der Waals surface area contributed by atoms with Crippen molar-refractivity contribution in [1.29, 1.82) is 0 Å². The van der Waals surface area contributed by atoms with Crippen LogP contribution in [0.25, 0.3) is 22.6 Å². The lowest BCUT2D eigenvalue weighted by Crippen LogP contribution is -2.25. The number of hydrogen-bond donors (Lipinski definition) is 1. The Balaban J connectivity index is 0.00000172. The highest BCUT2D eigenvalue weighted by molar-refractivity contribution is 5.78. The fraction of sp³-hybridized carbons (Fsp3) is 0.355. The lowest BCUT2D eigenvalue weighted by molar-refractivity contribution is -0.154. The van der Waals surface area contributed by atoms with Crippen LogP contribution >= 0.6 is 0 Å². The second-order valence-electron chi connectivity index (χ2n) is 9.53. The fourth-order valence-electron chi connectivity index (χ4n) is 4.66. The summed E-state index contributed by atoms with van der Waals surface area (Å²) in [4.78, 5) is 26.1. The molecular formula is C31H36FN5O2. The number of anilines is 2. The summed E-state index contributed by atoms with van der Waals surface area (Å²) in [5.41, 5.74) is 3.95. The molecular weight excluding hydrogens is 493 g/mol. The number of benzene rings is 2. The Morgan fingerprint density at radius 1 is 1.05 bits per heavy atom. The Morgan fingerprint density at radius 3 is 2.49 bits per heavy atom. The summed E-state index contributed by atoms with van der Waals surface area (Å²) in [6, 6.07) is 18.0. The summed E-state index contributed by atoms with van der Waals surface area (Å²) >= 11 is 0. The summed E-state index contributed by atoms with van der Waals surface area (Å²) in [7, 11) is 0. The molecule has 0 spiro atoms. The van der Waals surface area contributed by atoms with Gasteiger partial charge in [-0.1, -0.05) is 45.9 Å². The number of nitrogens with zero attached hydrogens (tertiary/aromatic N) is 4. The van der Waals surface area contributed by atoms with Gasteiger partial charge in [0, 0.05) is 42.8 Å². The Hall–Kier alpha value is -4.07. The van der Waals surface area contributed by atoms with E-state index in [1.807, 2.05) is 50.2 Å². The zero-order chi connectivity index (χ0) is 27.8. The van der Waals surface area contributed by atoms with Crippen molar-refractivity contribution < 1.29 is 13.9 Å². The summed E-state index contributed by atoms with van der Waals surface area (Å²) in [6.45, 7) is 8.81. The van der Waals surface area contributed by atoms with Gasteiger partial charge in [-0.2, -0.15) is 0 Å². The normalized spacial score (nSPS) is 14.9. The number of nitrogens with one attached hydrogen (secondary N) is 1. The van der Waals surface area contributed by atoms with Crippen LogP contribution in [0.1, 0.15) is 65.1 Å². The number of para-hydroxylation sites is 1. The predicted octanol–water partition coefficient (Wildman–Crippen LogP) is 7.53. The Morgan fingerprint density at radius 2 is 1.79 bits per heavy atom. The van der Waals surface area contributed by atoms with Gasteiger partial charge in [0.15, 0.2) is 0 Å². The minimum atomic E-state index is -0.302. The summed E-state index contributed by atoms with van der Waals surface area (Å²) in [5.74, 6) is 1.06. The highest BCUT2D eigenvalue weighted by atomic mass is 19.1. The maximum atomic E-state index is 13.8. The topological polar surface area (TPSA) is 81.9 Å². The molecule has 2 aromatic carbocycles. The molecule has 1 fully saturated rings. The molecule has 1 saturated heterocycles. The van der Waals surface area contributed by atoms with E-state index in [9.17, 15) is 9.18 Å². The van der Waals surface area contributed by atoms with Crippen molar-refractivity contribution in [2.75, 3.05) is 5.32 Å². The molecule has 1 aliphatic rings. The van der Waals surface area contributed by atoms with E-state index in [0.717, 1.165) is 41.3 Å². The number of halogens is 1. The number of imidazole rings is 1. The van der Waals surface area contributed by atoms with Crippen molar-refractivity contribution in [3.63, 3.8) is 0 Å². The maximum absolute atomic E-state index is 13.8. The van der Waals surface area contributed by atoms with Gasteiger partial charge in [0.2, 0.25) is 5.95 Å². The average molecular weight is 530 g/mol. The van der Waals surface area contributed by atoms with Crippen LogP contribution < -0.4 is 5.32 Å². The average Bonchev–Trinajstić information content (AvgIpc) is 3.34. The van der Waals surface area contributed by atoms with Gasteiger partial charge >= 0.3 is 5.97 Å². The third-order valence-electron chi connectivity index (χ3n) is 6.44. The standard InChI is InChI=1S/C29H30FN5O2.C2H6/c1-19(2)28-34-26(20-11-13-21(30)14-12-20)27(35(28)18-16-23-9-6-10-25(36)37-23)24-15-17-31-29(33-24)32-22-7-4-3-5-8-22;1-2/h3-5,7-8,11-15,17,19,23H,6,9-10,16,18H2,1-2H3,(H,31,32,33);1-2H3. The minimum absolute atomic E-state index is 0.119. The molecule has 1 atom stereocenters. The lowest BCUT2D eigenvalue weighted by atomic mass is 10.1. The number of cyclic esters (lactones) is 1. The molecule has 1 unspecified atom stereocenters. The van der Waals surface area contributed by atoms with Crippen LogP contribution in [0.4, 0.5) is 16.0 Å². The first kappa shape index (κ1) is 28.0. The molecule has 8 heteroatoms. The van der Waals surface area contributed by atoms with Crippen molar-refractivity contribution >= 4 is 17.6 Å². The largest absolute Gasteiger partial charge is 0.462 e. The molecule has 0 amide bonds. The molecule has 0 saturated carbocycles. The van der Waals surface area contributed by atoms with Gasteiger partial charge in [-0.3, -0.25) is 4.79 Å². The predicted molar refractivity (Wildman–Crippen MR) is 152 cm³/mol. The third kappa shape index (κ3) is 6.88. The van der Waals surface area contributed by atoms with Crippen LogP contribution in [0.15, 0.2) is 66.9 Å². The molecule has 39 heavy (non-hydrogen) atoms. The van der Waals surface area contributed by atoms with E-state index in [0.29, 0.717) is 31.0 Å². The van der Waals surface area contributed by atoms with Gasteiger partial charge in [0.1, 0.15) is 17.7 Å². The molecule has 0 radical (unpaired) electrons. The summed E-state index contributed by atoms with van der Waals surface area (Å²) in [6.07, 6.45) is 4.47. The van der Waals surface area contributed by atoms with Gasteiger partial charge in [0.05, 0.1) is 17.1 Å². The number of esters is 1. The number of hydrogen-bond acceptors (Lipinski definition) is 6. The van der Waals surface area contributed by atoms with E-state index in [1.54, 1.807) is 18.3 Å². The molecule has 0 bridgehead atoms. The first-order valence-electron chi connectivity index (χ1n) is 13.7. The zero-order valence-electron chi connectivity index (χ0n) is 23.0. The van der Waals surface area contributed by atoms with Crippen LogP contribution in [-0.4, -0.2) is 31.6 Å². The molecule has 2 aromatic heterocycles. The van der Waals surface area contributed by atoms with Crippen molar-refractivity contribution in [3.8, 4) is 22.6 Å². The highest BCUT2D eigenvalue weighted by Gasteiger charge is 2.26. The van der Waals surface area contributed by atoms with Crippen LogP contribution in [0.3, 0.4) is 0 Å². The molecule has 4 aromatic rings. The Bertz CT molecular complexity index is 1370. The number of rotatable bonds is 8. The molecule has 0 aliphatic carbocycles. The minimum Gasteiger partial charge on any atom is -0.462 e. The monoisotopic (exact) mass is 529 g/mol. The zero-order valence-corrected chi connectivity index (χ0v) is 23.0. The second kappa shape index (κ2) is 13.1. The first-order chi connectivity index (χ1) is 19.0. The van der Waals surface area contributed by atoms with E-state index in [4.69, 9.17) is 14.7 Å². The van der Waals surface area contributed by atoms with Crippen LogP contribution in [-0.2, 0) is 16.1 Å². The molecule has 204 valence electrons. The van der Waals surface area contributed by atoms with Crippen molar-refractivity contribution in [2.24, 2.45) is 0 Å². The first-order valence-corrected chi connectivity index (χ1v) is 13.7. The van der Waals surface area contributed by atoms with E-state index in [-0.39, 0.29) is 23.8 Å². The Labute approximate surface area is 229 Å². The van der Waals surface area contributed by atoms with Crippen molar-refractivity contribution in [3.05, 3.63) is 78.5 Å². The lowest BCUT2D eigenvalue weighted by Gasteiger charge is -2.23. The molecule has 1 N–H and O–H groups in total. The maximum Gasteiger partial charge on any atom is 0.306 e. The van der Waals surface area contributed by atoms with E-state index >= 15 is 0 Å². The van der Waals surface area contributed by atoms with Crippen molar-refractivity contribution in [2.45, 2.75) is 71.9 Å². The summed E-state index contributed by atoms with van der Waals surface area (Å²) in [5, 5.41) is 3.26. The molecule has 5 rings (SSSR count). The molecule has 1 aliphatic heterocycles. The van der Waals surface area contributed by atoms with Gasteiger partial charge in [-0.05, 0) is 55.3 Å². The van der Waals surface area contributed by atoms with Crippen LogP contribution in [0, 0.1) is 5.82 Å². The number of carbonyl (C=O) groups excluding carboxylic acids is 1. The second-order valence-corrected chi connectivity index (χ2v) is 9.53. The molecule has 3 heterocycles. The van der Waals surface area contributed by atoms with E-state index in [2.05, 4.69) is 28.7 Å². The van der Waals surface area contributed by atoms with Crippen LogP contribution in [0.5, 0.6) is 0 Å². The van der Waals surface area contributed by atoms with Crippen molar-refractivity contribution in [1.82, 2.24) is 19.5 Å². The number of carbonyl (C=O) groups is 1. The summed E-state index contributed by atoms with van der Waals surface area (Å²) < 4.78 is 21.5. The van der Waals surface area contributed by atoms with Gasteiger partial charge in [-0.15, -0.1) is 0 Å². The van der Waals surface area contributed by atoms with Gasteiger partial charge < -0.3 is 14.6 Å². The van der Waals surface area contributed by atoms with E-state index in [1.165, 1.54) is 12.1 Å². The highest BCUT2D eigenvalue weighted by Crippen LogP contribution is 2.35.